The van der Waals surface area contributed by atoms with Crippen LogP contribution in [0.1, 0.15) is 24.8 Å². The van der Waals surface area contributed by atoms with Gasteiger partial charge in [0.05, 0.1) is 11.2 Å². The summed E-state index contributed by atoms with van der Waals surface area (Å²) in [6.45, 7) is 3.55. The number of hydrogen-bond acceptors (Lipinski definition) is 3. The molecule has 1 fully saturated rings. The van der Waals surface area contributed by atoms with E-state index in [1.54, 1.807) is 36.9 Å². The second-order valence-corrected chi connectivity index (χ2v) is 8.34. The Bertz CT molecular complexity index is 875. The first-order valence-electron chi connectivity index (χ1n) is 8.48. The van der Waals surface area contributed by atoms with Crippen LogP contribution in [0.15, 0.2) is 48.5 Å². The third kappa shape index (κ3) is 4.28. The fraction of sp³-hybridized carbons (Fsp3) is 0.300. The lowest BCUT2D eigenvalue weighted by Crippen LogP contribution is -2.32. The standard InChI is InChI=1S/C20H20ClFN2O2S/c1-20(2,12-21)19(26)23-15-7-3-5-13(9-15)18-24(17(25)11-27-18)16-8-4-6-14(22)10-16/h3-10,18H,11-12H2,1-2H3,(H,23,26)/t18-/m0/s1. The number of halogens is 2. The predicted molar refractivity (Wildman–Crippen MR) is 109 cm³/mol. The van der Waals surface area contributed by atoms with Crippen molar-refractivity contribution in [2.75, 3.05) is 21.8 Å². The number of carbonyl (C=O) groups excluding carboxylic acids is 2. The maximum absolute atomic E-state index is 13.6. The van der Waals surface area contributed by atoms with E-state index in [9.17, 15) is 14.0 Å². The summed E-state index contributed by atoms with van der Waals surface area (Å²) in [4.78, 5) is 26.4. The molecule has 27 heavy (non-hydrogen) atoms. The van der Waals surface area contributed by atoms with E-state index in [4.69, 9.17) is 11.6 Å². The SMILES string of the molecule is CC(C)(CCl)C(=O)Nc1cccc([C@@H]2SCC(=O)N2c2cccc(F)c2)c1. The number of benzene rings is 2. The molecule has 1 aliphatic heterocycles. The van der Waals surface area contributed by atoms with Crippen molar-refractivity contribution in [3.05, 3.63) is 59.9 Å². The molecule has 2 aromatic carbocycles. The van der Waals surface area contributed by atoms with Gasteiger partial charge < -0.3 is 5.32 Å². The van der Waals surface area contributed by atoms with Crippen LogP contribution in [0, 0.1) is 11.2 Å². The first kappa shape index (κ1) is 19.7. The lowest BCUT2D eigenvalue weighted by Gasteiger charge is -2.25. The first-order chi connectivity index (χ1) is 12.8. The molecule has 2 aromatic rings. The van der Waals surface area contributed by atoms with Crippen molar-refractivity contribution in [3.63, 3.8) is 0 Å². The van der Waals surface area contributed by atoms with Crippen LogP contribution < -0.4 is 10.2 Å². The van der Waals surface area contributed by atoms with E-state index in [2.05, 4.69) is 5.32 Å². The molecule has 0 radical (unpaired) electrons. The van der Waals surface area contributed by atoms with Crippen LogP contribution in [0.5, 0.6) is 0 Å². The molecule has 1 heterocycles. The molecule has 0 bridgehead atoms. The molecule has 0 unspecified atom stereocenters. The summed E-state index contributed by atoms with van der Waals surface area (Å²) >= 11 is 7.34. The number of nitrogens with zero attached hydrogens (tertiary/aromatic N) is 1. The first-order valence-corrected chi connectivity index (χ1v) is 10.1. The molecule has 142 valence electrons. The second kappa shape index (κ2) is 7.90. The Balaban J connectivity index is 1.87. The van der Waals surface area contributed by atoms with E-state index < -0.39 is 5.41 Å². The lowest BCUT2D eigenvalue weighted by molar-refractivity contribution is -0.123. The molecule has 2 amide bonds. The molecule has 0 saturated carbocycles. The van der Waals surface area contributed by atoms with Crippen molar-refractivity contribution in [1.29, 1.82) is 0 Å². The van der Waals surface area contributed by atoms with Crippen LogP contribution >= 0.6 is 23.4 Å². The monoisotopic (exact) mass is 406 g/mol. The summed E-state index contributed by atoms with van der Waals surface area (Å²) < 4.78 is 13.6. The highest BCUT2D eigenvalue weighted by molar-refractivity contribution is 8.00. The van der Waals surface area contributed by atoms with Gasteiger partial charge in [0.1, 0.15) is 11.2 Å². The quantitative estimate of drug-likeness (QED) is 0.725. The van der Waals surface area contributed by atoms with Gasteiger partial charge in [-0.1, -0.05) is 18.2 Å². The molecule has 0 aliphatic carbocycles. The molecule has 3 rings (SSSR count). The maximum atomic E-state index is 13.6. The van der Waals surface area contributed by atoms with Crippen molar-refractivity contribution in [2.24, 2.45) is 5.41 Å². The minimum absolute atomic E-state index is 0.0756. The van der Waals surface area contributed by atoms with Crippen LogP contribution in [0.2, 0.25) is 0 Å². The van der Waals surface area contributed by atoms with Crippen molar-refractivity contribution in [3.8, 4) is 0 Å². The zero-order valence-electron chi connectivity index (χ0n) is 15.0. The second-order valence-electron chi connectivity index (χ2n) is 7.00. The van der Waals surface area contributed by atoms with Gasteiger partial charge in [0.2, 0.25) is 11.8 Å². The summed E-state index contributed by atoms with van der Waals surface area (Å²) in [6, 6.07) is 13.4. The number of thioether (sulfide) groups is 1. The number of nitrogens with one attached hydrogen (secondary N) is 1. The number of hydrogen-bond donors (Lipinski definition) is 1. The van der Waals surface area contributed by atoms with E-state index in [1.807, 2.05) is 18.2 Å². The van der Waals surface area contributed by atoms with Gasteiger partial charge in [0, 0.05) is 17.3 Å². The van der Waals surface area contributed by atoms with Crippen molar-refractivity contribution >= 4 is 46.6 Å². The Morgan fingerprint density at radius 2 is 2.04 bits per heavy atom. The molecular weight excluding hydrogens is 387 g/mol. The number of alkyl halides is 1. The van der Waals surface area contributed by atoms with Crippen LogP contribution in [0.4, 0.5) is 15.8 Å². The zero-order chi connectivity index (χ0) is 19.6. The Labute approximate surface area is 167 Å². The largest absolute Gasteiger partial charge is 0.326 e. The van der Waals surface area contributed by atoms with Gasteiger partial charge in [0.15, 0.2) is 0 Å². The Kier molecular flexibility index (Phi) is 5.77. The summed E-state index contributed by atoms with van der Waals surface area (Å²) in [5.74, 6) is -0.115. The Morgan fingerprint density at radius 3 is 2.74 bits per heavy atom. The Morgan fingerprint density at radius 1 is 1.30 bits per heavy atom. The minimum Gasteiger partial charge on any atom is -0.326 e. The molecule has 1 N–H and O–H groups in total. The smallest absolute Gasteiger partial charge is 0.238 e. The van der Waals surface area contributed by atoms with Gasteiger partial charge in [-0.2, -0.15) is 0 Å². The fourth-order valence-corrected chi connectivity index (χ4v) is 4.00. The third-order valence-electron chi connectivity index (χ3n) is 4.33. The molecule has 4 nitrogen and oxygen atoms in total. The lowest BCUT2D eigenvalue weighted by atomic mass is 9.95. The molecule has 1 aliphatic rings. The van der Waals surface area contributed by atoms with E-state index >= 15 is 0 Å². The zero-order valence-corrected chi connectivity index (χ0v) is 16.6. The summed E-state index contributed by atoms with van der Waals surface area (Å²) in [6.07, 6.45) is 0. The van der Waals surface area contributed by atoms with Gasteiger partial charge in [-0.3, -0.25) is 14.5 Å². The molecular formula is C20H20ClFN2O2S. The highest BCUT2D eigenvalue weighted by Crippen LogP contribution is 2.42. The maximum Gasteiger partial charge on any atom is 0.238 e. The minimum atomic E-state index is -0.691. The third-order valence-corrected chi connectivity index (χ3v) is 6.21. The average molecular weight is 407 g/mol. The van der Waals surface area contributed by atoms with Crippen LogP contribution in [0.3, 0.4) is 0 Å². The highest BCUT2D eigenvalue weighted by atomic mass is 35.5. The summed E-state index contributed by atoms with van der Waals surface area (Å²) in [5.41, 5.74) is 1.32. The Hall–Kier alpha value is -2.05. The van der Waals surface area contributed by atoms with Crippen LogP contribution in [0.25, 0.3) is 0 Å². The summed E-state index contributed by atoms with van der Waals surface area (Å²) in [5, 5.41) is 2.60. The van der Waals surface area contributed by atoms with E-state index in [0.29, 0.717) is 17.1 Å². The average Bonchev–Trinajstić information content (AvgIpc) is 3.03. The van der Waals surface area contributed by atoms with Gasteiger partial charge in [-0.15, -0.1) is 23.4 Å². The molecule has 7 heteroatoms. The van der Waals surface area contributed by atoms with Gasteiger partial charge in [0.25, 0.3) is 0 Å². The van der Waals surface area contributed by atoms with E-state index in [1.165, 1.54) is 23.9 Å². The topological polar surface area (TPSA) is 49.4 Å². The number of carbonyl (C=O) groups is 2. The number of anilines is 2. The van der Waals surface area contributed by atoms with Crippen molar-refractivity contribution < 1.29 is 14.0 Å². The van der Waals surface area contributed by atoms with Crippen LogP contribution in [-0.4, -0.2) is 23.4 Å². The number of amides is 2. The van der Waals surface area contributed by atoms with Crippen molar-refractivity contribution in [2.45, 2.75) is 19.2 Å². The number of rotatable bonds is 5. The van der Waals surface area contributed by atoms with Crippen molar-refractivity contribution in [1.82, 2.24) is 0 Å². The van der Waals surface area contributed by atoms with E-state index in [-0.39, 0.29) is 28.9 Å². The van der Waals surface area contributed by atoms with E-state index in [0.717, 1.165) is 5.56 Å². The van der Waals surface area contributed by atoms with Gasteiger partial charge in [-0.25, -0.2) is 4.39 Å². The summed E-state index contributed by atoms with van der Waals surface area (Å²) in [7, 11) is 0. The van der Waals surface area contributed by atoms with Gasteiger partial charge >= 0.3 is 0 Å². The highest BCUT2D eigenvalue weighted by Gasteiger charge is 2.34. The molecule has 0 aromatic heterocycles. The predicted octanol–water partition coefficient (Wildman–Crippen LogP) is 4.81. The molecule has 1 atom stereocenters. The fourth-order valence-electron chi connectivity index (χ4n) is 2.71. The molecule has 0 spiro atoms. The molecule has 1 saturated heterocycles. The van der Waals surface area contributed by atoms with Crippen LogP contribution in [-0.2, 0) is 9.59 Å². The normalized spacial score (nSPS) is 17.3. The van der Waals surface area contributed by atoms with Gasteiger partial charge in [-0.05, 0) is 49.7 Å².